The van der Waals surface area contributed by atoms with Crippen LogP contribution in [0, 0.1) is 0 Å². The molecule has 0 aliphatic carbocycles. The van der Waals surface area contributed by atoms with E-state index in [1.165, 1.54) is 0 Å². The summed E-state index contributed by atoms with van der Waals surface area (Å²) in [5.41, 5.74) is 0. The van der Waals surface area contributed by atoms with Gasteiger partial charge in [0.15, 0.2) is 0 Å². The number of unbranched alkanes of at least 4 members (excludes halogenated alkanes) is 4. The summed E-state index contributed by atoms with van der Waals surface area (Å²) in [6, 6.07) is 0. The molecule has 0 atom stereocenters. The Morgan fingerprint density at radius 1 is 0.591 bits per heavy atom. The highest BCUT2D eigenvalue weighted by Crippen LogP contribution is 2.11. The van der Waals surface area contributed by atoms with Crippen molar-refractivity contribution >= 4 is 13.9 Å². The van der Waals surface area contributed by atoms with Crippen molar-refractivity contribution in [1.29, 1.82) is 0 Å². The molecule has 6 heteroatoms. The molecule has 0 aromatic carbocycles. The standard InChI is InChI=1S/C16H38B2N2O2/c1-5-9-13-19(14-10-6-2)17(18(21)22)20(15-11-7-3)16-12-8-4/h21-22H,5-16H2,1-4H3. The Kier molecular flexibility index (Phi) is 14.5. The van der Waals surface area contributed by atoms with E-state index in [9.17, 15) is 10.0 Å². The third-order valence-electron chi connectivity index (χ3n) is 4.21. The van der Waals surface area contributed by atoms with E-state index in [1.807, 2.05) is 0 Å². The molecule has 0 saturated heterocycles. The second-order valence-electron chi connectivity index (χ2n) is 6.31. The molecule has 0 fully saturated rings. The van der Waals surface area contributed by atoms with Gasteiger partial charge in [0, 0.05) is 0 Å². The normalized spacial score (nSPS) is 11.5. The maximum atomic E-state index is 10.0. The second kappa shape index (κ2) is 14.6. The summed E-state index contributed by atoms with van der Waals surface area (Å²) in [7, 11) is -1.29. The largest absolute Gasteiger partial charge is 0.445 e. The molecular formula is C16H38B2N2O2. The van der Waals surface area contributed by atoms with E-state index < -0.39 is 7.01 Å². The molecule has 0 spiro atoms. The molecule has 22 heavy (non-hydrogen) atoms. The van der Waals surface area contributed by atoms with Crippen LogP contribution in [0.15, 0.2) is 0 Å². The molecule has 0 aliphatic rings. The molecule has 4 nitrogen and oxygen atoms in total. The van der Waals surface area contributed by atoms with E-state index in [2.05, 4.69) is 37.3 Å². The van der Waals surface area contributed by atoms with Crippen LogP contribution in [0.4, 0.5) is 0 Å². The number of nitrogens with zero attached hydrogens (tertiary/aromatic N) is 2. The topological polar surface area (TPSA) is 46.9 Å². The first-order valence-electron chi connectivity index (χ1n) is 9.46. The van der Waals surface area contributed by atoms with Crippen molar-refractivity contribution in [3.8, 4) is 0 Å². The third kappa shape index (κ3) is 9.19. The molecule has 130 valence electrons. The first kappa shape index (κ1) is 22.0. The lowest BCUT2D eigenvalue weighted by molar-refractivity contribution is 0.318. The van der Waals surface area contributed by atoms with Crippen molar-refractivity contribution in [3.63, 3.8) is 0 Å². The predicted molar refractivity (Wildman–Crippen MR) is 98.7 cm³/mol. The highest BCUT2D eigenvalue weighted by Gasteiger charge is 2.39. The maximum Gasteiger partial charge on any atom is 0.445 e. The van der Waals surface area contributed by atoms with Crippen molar-refractivity contribution in [1.82, 2.24) is 9.62 Å². The number of hydrogen-bond acceptors (Lipinski definition) is 4. The van der Waals surface area contributed by atoms with Crippen molar-refractivity contribution in [2.45, 2.75) is 79.1 Å². The van der Waals surface area contributed by atoms with Gasteiger partial charge < -0.3 is 19.7 Å². The van der Waals surface area contributed by atoms with Crippen molar-refractivity contribution in [3.05, 3.63) is 0 Å². The molecule has 0 aliphatic heterocycles. The van der Waals surface area contributed by atoms with Gasteiger partial charge >= 0.3 is 13.9 Å². The number of rotatable bonds is 15. The summed E-state index contributed by atoms with van der Waals surface area (Å²) in [6.45, 7) is 12.3. The average molecular weight is 312 g/mol. The van der Waals surface area contributed by atoms with Gasteiger partial charge in [0.2, 0.25) is 0 Å². The first-order valence-corrected chi connectivity index (χ1v) is 9.46. The summed E-state index contributed by atoms with van der Waals surface area (Å²) in [5.74, 6) is 0. The van der Waals surface area contributed by atoms with Gasteiger partial charge in [0.05, 0.1) is 0 Å². The van der Waals surface area contributed by atoms with E-state index in [1.54, 1.807) is 0 Å². The smallest absolute Gasteiger partial charge is 0.431 e. The zero-order valence-corrected chi connectivity index (χ0v) is 15.4. The SMILES string of the molecule is CCCCN(CCCC)B(B(O)O)N(CCCC)CCCC. The Bertz CT molecular complexity index is 210. The summed E-state index contributed by atoms with van der Waals surface area (Å²) >= 11 is 0. The van der Waals surface area contributed by atoms with E-state index in [4.69, 9.17) is 0 Å². The number of hydrogen-bond donors (Lipinski definition) is 2. The Balaban J connectivity index is 4.98. The summed E-state index contributed by atoms with van der Waals surface area (Å²) < 4.78 is 0. The minimum absolute atomic E-state index is 0.254. The monoisotopic (exact) mass is 312 g/mol. The Labute approximate surface area is 139 Å². The van der Waals surface area contributed by atoms with Crippen molar-refractivity contribution in [2.24, 2.45) is 0 Å². The van der Waals surface area contributed by atoms with Crippen LogP contribution in [0.3, 0.4) is 0 Å². The predicted octanol–water partition coefficient (Wildman–Crippen LogP) is 2.83. The van der Waals surface area contributed by atoms with Gasteiger partial charge in [-0.05, 0) is 51.9 Å². The van der Waals surface area contributed by atoms with Crippen molar-refractivity contribution < 1.29 is 10.0 Å². The molecule has 0 saturated carbocycles. The molecule has 0 rings (SSSR count). The van der Waals surface area contributed by atoms with Crippen LogP contribution in [0.1, 0.15) is 79.1 Å². The van der Waals surface area contributed by atoms with Gasteiger partial charge in [-0.3, -0.25) is 0 Å². The molecule has 0 bridgehead atoms. The molecule has 0 radical (unpaired) electrons. The quantitative estimate of drug-likeness (QED) is 0.457. The minimum Gasteiger partial charge on any atom is -0.431 e. The Morgan fingerprint density at radius 3 is 1.05 bits per heavy atom. The van der Waals surface area contributed by atoms with Gasteiger partial charge in [-0.1, -0.05) is 53.4 Å². The average Bonchev–Trinajstić information content (AvgIpc) is 2.51. The molecular weight excluding hydrogens is 274 g/mol. The summed E-state index contributed by atoms with van der Waals surface area (Å²) in [4.78, 5) is 4.59. The van der Waals surface area contributed by atoms with Crippen LogP contribution >= 0.6 is 0 Å². The molecule has 0 aromatic heterocycles. The van der Waals surface area contributed by atoms with E-state index in [0.717, 1.165) is 77.5 Å². The van der Waals surface area contributed by atoms with Crippen LogP contribution in [-0.2, 0) is 0 Å². The zero-order chi connectivity index (χ0) is 16.8. The van der Waals surface area contributed by atoms with Crippen LogP contribution in [0.25, 0.3) is 0 Å². The minimum atomic E-state index is -1.29. The summed E-state index contributed by atoms with van der Waals surface area (Å²) in [6.07, 6.45) is 9.01. The van der Waals surface area contributed by atoms with E-state index in [0.29, 0.717) is 0 Å². The first-order chi connectivity index (χ1) is 10.6. The Morgan fingerprint density at radius 2 is 0.864 bits per heavy atom. The third-order valence-corrected chi connectivity index (χ3v) is 4.21. The summed E-state index contributed by atoms with van der Waals surface area (Å²) in [5, 5.41) is 20.0. The lowest BCUT2D eigenvalue weighted by atomic mass is 9.38. The highest BCUT2D eigenvalue weighted by atomic mass is 16.4. The van der Waals surface area contributed by atoms with Crippen LogP contribution in [-0.4, -0.2) is 59.7 Å². The lowest BCUT2D eigenvalue weighted by Crippen LogP contribution is -2.63. The Hall–Kier alpha value is -0.0301. The molecule has 0 heterocycles. The van der Waals surface area contributed by atoms with Crippen LogP contribution < -0.4 is 0 Å². The molecule has 0 amide bonds. The zero-order valence-electron chi connectivity index (χ0n) is 15.4. The highest BCUT2D eigenvalue weighted by molar-refractivity contribution is 7.12. The second-order valence-corrected chi connectivity index (χ2v) is 6.31. The van der Waals surface area contributed by atoms with Gasteiger partial charge in [-0.15, -0.1) is 0 Å². The van der Waals surface area contributed by atoms with Crippen LogP contribution in [0.2, 0.25) is 0 Å². The fourth-order valence-corrected chi connectivity index (χ4v) is 2.81. The fraction of sp³-hybridized carbons (Fsp3) is 1.00. The molecule has 2 N–H and O–H groups in total. The van der Waals surface area contributed by atoms with E-state index >= 15 is 0 Å². The van der Waals surface area contributed by atoms with Gasteiger partial charge in [0.1, 0.15) is 0 Å². The maximum absolute atomic E-state index is 10.0. The van der Waals surface area contributed by atoms with Crippen molar-refractivity contribution in [2.75, 3.05) is 26.2 Å². The molecule has 0 unspecified atom stereocenters. The lowest BCUT2D eigenvalue weighted by Gasteiger charge is -2.37. The van der Waals surface area contributed by atoms with Gasteiger partial charge in [0.25, 0.3) is 0 Å². The van der Waals surface area contributed by atoms with Gasteiger partial charge in [-0.25, -0.2) is 0 Å². The van der Waals surface area contributed by atoms with Crippen LogP contribution in [0.5, 0.6) is 0 Å². The molecule has 0 aromatic rings. The van der Waals surface area contributed by atoms with Gasteiger partial charge in [-0.2, -0.15) is 0 Å². The fourth-order valence-electron chi connectivity index (χ4n) is 2.81. The van der Waals surface area contributed by atoms with E-state index in [-0.39, 0.29) is 6.87 Å².